The molecule has 0 amide bonds. The van der Waals surface area contributed by atoms with Gasteiger partial charge in [-0.1, -0.05) is 60.7 Å². The predicted molar refractivity (Wildman–Crippen MR) is 231 cm³/mol. The van der Waals surface area contributed by atoms with Crippen LogP contribution >= 0.6 is 45.3 Å². The number of nitriles is 4. The van der Waals surface area contributed by atoms with Crippen LogP contribution in [-0.2, 0) is 22.7 Å². The van der Waals surface area contributed by atoms with Gasteiger partial charge in [0.05, 0.1) is 65.2 Å². The molecule has 18 heteroatoms. The number of ether oxygens (including phenoxy) is 4. The van der Waals surface area contributed by atoms with Gasteiger partial charge in [-0.15, -0.1) is 45.3 Å². The zero-order valence-corrected chi connectivity index (χ0v) is 34.4. The minimum Gasteiger partial charge on any atom is -0.495 e. The lowest BCUT2D eigenvalue weighted by molar-refractivity contribution is 0.141. The Bertz CT molecular complexity index is 3200. The second-order valence-electron chi connectivity index (χ2n) is 12.4. The van der Waals surface area contributed by atoms with Crippen molar-refractivity contribution in [3.05, 3.63) is 96.1 Å². The van der Waals surface area contributed by atoms with Crippen LogP contribution in [0.5, 0.6) is 11.5 Å². The number of methoxy groups -OCH3 is 2. The number of carbonyl (C=O) groups is 2. The lowest BCUT2D eigenvalue weighted by Gasteiger charge is -2.12. The van der Waals surface area contributed by atoms with Gasteiger partial charge in [0.15, 0.2) is 0 Å². The molecule has 0 N–H and O–H groups in total. The van der Waals surface area contributed by atoms with Crippen molar-refractivity contribution in [3.8, 4) is 56.1 Å². The maximum Gasteiger partial charge on any atom is 0.419 e. The maximum absolute atomic E-state index is 14.5. The van der Waals surface area contributed by atoms with Crippen molar-refractivity contribution in [2.75, 3.05) is 14.2 Å². The van der Waals surface area contributed by atoms with Gasteiger partial charge in [-0.2, -0.15) is 21.0 Å². The average molecular weight is 865 g/mol. The molecule has 292 valence electrons. The second kappa shape index (κ2) is 16.7. The fourth-order valence-corrected chi connectivity index (χ4v) is 10.9. The number of carbonyl (C=O) groups excluding carboxylic acids is 2. The molecule has 6 aromatic heterocycles. The van der Waals surface area contributed by atoms with E-state index in [0.717, 1.165) is 32.0 Å². The van der Waals surface area contributed by atoms with E-state index in [1.54, 1.807) is 42.5 Å². The first-order valence-electron chi connectivity index (χ1n) is 17.5. The number of aromatic nitrogens is 2. The molecular weight excluding hydrogens is 841 g/mol. The van der Waals surface area contributed by atoms with Crippen molar-refractivity contribution in [1.82, 2.24) is 9.13 Å². The topological polar surface area (TPSA) is 201 Å². The second-order valence-corrected chi connectivity index (χ2v) is 16.6. The SMILES string of the molecule is COc1cc(N=C(C#N)C#N)sc1-c1cc2c(s1)c1sc3cc(-c4sc(N=C(C#N)C#N)cc4OC)n(C(=O)OCc4ccccc4)c3c1n2C(=O)OCc1ccccc1. The van der Waals surface area contributed by atoms with E-state index in [0.29, 0.717) is 62.9 Å². The minimum atomic E-state index is -0.737. The maximum atomic E-state index is 14.5. The van der Waals surface area contributed by atoms with Crippen molar-refractivity contribution in [2.45, 2.75) is 13.2 Å². The van der Waals surface area contributed by atoms with E-state index in [-0.39, 0.29) is 24.6 Å². The van der Waals surface area contributed by atoms with E-state index in [1.165, 1.54) is 57.4 Å². The third-order valence-corrected chi connectivity index (χ3v) is 13.5. The molecular formula is C42H24N8O6S4. The van der Waals surface area contributed by atoms with Crippen LogP contribution in [0.1, 0.15) is 11.1 Å². The molecule has 60 heavy (non-hydrogen) atoms. The summed E-state index contributed by atoms with van der Waals surface area (Å²) in [4.78, 5) is 39.2. The van der Waals surface area contributed by atoms with E-state index >= 15 is 0 Å². The summed E-state index contributed by atoms with van der Waals surface area (Å²) in [6, 6.07) is 32.4. The minimum absolute atomic E-state index is 0.0280. The third kappa shape index (κ3) is 7.24. The van der Waals surface area contributed by atoms with Gasteiger partial charge >= 0.3 is 12.2 Å². The Morgan fingerprint density at radius 3 is 1.67 bits per heavy atom. The predicted octanol–water partition coefficient (Wildman–Crippen LogP) is 11.0. The summed E-state index contributed by atoms with van der Waals surface area (Å²) in [5, 5.41) is 38.1. The number of hydrogen-bond acceptors (Lipinski definition) is 16. The first-order chi connectivity index (χ1) is 29.3. The molecule has 0 aliphatic heterocycles. The number of fused-ring (bicyclic) bond motifs is 5. The molecule has 0 bridgehead atoms. The largest absolute Gasteiger partial charge is 0.495 e. The first kappa shape index (κ1) is 39.3. The molecule has 8 aromatic rings. The van der Waals surface area contributed by atoms with Crippen LogP contribution in [0.25, 0.3) is 51.0 Å². The molecule has 0 unspecified atom stereocenters. The molecule has 14 nitrogen and oxygen atoms in total. The highest BCUT2D eigenvalue weighted by molar-refractivity contribution is 7.33. The van der Waals surface area contributed by atoms with Crippen molar-refractivity contribution < 1.29 is 28.5 Å². The Morgan fingerprint density at radius 1 is 0.617 bits per heavy atom. The fraction of sp³-hybridized carbons (Fsp3) is 0.0952. The Kier molecular flexibility index (Phi) is 10.9. The van der Waals surface area contributed by atoms with E-state index < -0.39 is 12.2 Å². The Balaban J connectivity index is 1.36. The van der Waals surface area contributed by atoms with Gasteiger partial charge in [-0.05, 0) is 23.3 Å². The van der Waals surface area contributed by atoms with E-state index in [2.05, 4.69) is 9.98 Å². The van der Waals surface area contributed by atoms with Crippen LogP contribution in [0.3, 0.4) is 0 Å². The number of nitrogens with zero attached hydrogens (tertiary/aromatic N) is 8. The molecule has 0 aliphatic carbocycles. The van der Waals surface area contributed by atoms with Gasteiger partial charge in [-0.3, -0.25) is 0 Å². The Morgan fingerprint density at radius 2 is 1.13 bits per heavy atom. The molecule has 0 saturated heterocycles. The summed E-state index contributed by atoms with van der Waals surface area (Å²) in [5.74, 6) is 0.798. The first-order valence-corrected chi connectivity index (χ1v) is 20.7. The number of thiophene rings is 4. The van der Waals surface area contributed by atoms with Crippen LogP contribution in [-0.4, -0.2) is 47.0 Å². The molecule has 2 aromatic carbocycles. The number of aliphatic imine (C=N–C) groups is 2. The monoisotopic (exact) mass is 864 g/mol. The number of hydrogen-bond donors (Lipinski definition) is 0. The highest BCUT2D eigenvalue weighted by atomic mass is 32.1. The van der Waals surface area contributed by atoms with E-state index in [1.807, 2.05) is 66.7 Å². The number of rotatable bonds is 10. The van der Waals surface area contributed by atoms with Gasteiger partial charge in [0.2, 0.25) is 11.4 Å². The molecule has 0 fully saturated rings. The zero-order valence-electron chi connectivity index (χ0n) is 31.2. The van der Waals surface area contributed by atoms with Gasteiger partial charge in [0, 0.05) is 12.1 Å². The summed E-state index contributed by atoms with van der Waals surface area (Å²) in [6.07, 6.45) is -1.43. The quantitative estimate of drug-likeness (QED) is 0.119. The molecule has 8 rings (SSSR count). The summed E-state index contributed by atoms with van der Waals surface area (Å²) in [7, 11) is 2.96. The lowest BCUT2D eigenvalue weighted by Crippen LogP contribution is -2.16. The van der Waals surface area contributed by atoms with Gasteiger partial charge in [0.1, 0.15) is 59.0 Å². The van der Waals surface area contributed by atoms with Crippen molar-refractivity contribution in [1.29, 1.82) is 21.0 Å². The smallest absolute Gasteiger partial charge is 0.419 e. The lowest BCUT2D eigenvalue weighted by atomic mass is 10.2. The van der Waals surface area contributed by atoms with E-state index in [4.69, 9.17) is 18.9 Å². The number of benzene rings is 2. The summed E-state index contributed by atoms with van der Waals surface area (Å²) >= 11 is 5.09. The summed E-state index contributed by atoms with van der Waals surface area (Å²) in [6.45, 7) is -0.0752. The van der Waals surface area contributed by atoms with Gasteiger partial charge in [-0.25, -0.2) is 28.7 Å². The Hall–Kier alpha value is -7.58. The molecule has 0 spiro atoms. The molecule has 6 heterocycles. The van der Waals surface area contributed by atoms with Gasteiger partial charge < -0.3 is 18.9 Å². The highest BCUT2D eigenvalue weighted by Crippen LogP contribution is 2.52. The normalized spacial score (nSPS) is 10.7. The Labute approximate surface area is 356 Å². The summed E-state index contributed by atoms with van der Waals surface area (Å²) < 4.78 is 28.2. The van der Waals surface area contributed by atoms with Crippen LogP contribution in [0.2, 0.25) is 0 Å². The van der Waals surface area contributed by atoms with Crippen molar-refractivity contribution in [3.63, 3.8) is 0 Å². The summed E-state index contributed by atoms with van der Waals surface area (Å²) in [5.41, 5.74) is 2.53. The highest BCUT2D eigenvalue weighted by Gasteiger charge is 2.31. The average Bonchev–Trinajstić information content (AvgIpc) is 4.13. The van der Waals surface area contributed by atoms with Crippen molar-refractivity contribution >= 4 is 110 Å². The third-order valence-electron chi connectivity index (χ3n) is 8.91. The molecule has 0 radical (unpaired) electrons. The van der Waals surface area contributed by atoms with Crippen LogP contribution < -0.4 is 9.47 Å². The van der Waals surface area contributed by atoms with Crippen molar-refractivity contribution in [2.24, 2.45) is 9.98 Å². The molecule has 0 aliphatic rings. The van der Waals surface area contributed by atoms with Gasteiger partial charge in [0.25, 0.3) is 0 Å². The fourth-order valence-electron chi connectivity index (χ4n) is 6.33. The van der Waals surface area contributed by atoms with Crippen LogP contribution in [0.15, 0.2) is 94.9 Å². The standard InChI is InChI=1S/C42H24N8O6S4/c1-53-29-15-33(47-25(17-43)18-44)59-37(29)27-13-31-35(49(27)41(51)55-21-23-9-5-3-6-10-23)36-40(57-31)38-28(50(36)42(52)56-22-24-11-7-4-8-12-24)14-32(58-38)39-30(54-2)16-34(60-39)48-26(19-45)20-46/h3-16H,21-22H2,1-2H3. The van der Waals surface area contributed by atoms with E-state index in [9.17, 15) is 30.6 Å². The van der Waals surface area contributed by atoms with Crippen LogP contribution in [0, 0.1) is 45.3 Å². The molecule has 0 atom stereocenters. The van der Waals surface area contributed by atoms with Crippen LogP contribution in [0.4, 0.5) is 19.6 Å². The zero-order chi connectivity index (χ0) is 41.9. The molecule has 0 saturated carbocycles.